The molecule has 1 aromatic heterocycles. The van der Waals surface area contributed by atoms with Crippen LogP contribution in [0.15, 0.2) is 78.9 Å². The van der Waals surface area contributed by atoms with E-state index in [0.29, 0.717) is 14.7 Å². The summed E-state index contributed by atoms with van der Waals surface area (Å²) in [5.41, 5.74) is 0.0375. The molecule has 0 saturated carbocycles. The van der Waals surface area contributed by atoms with Gasteiger partial charge in [-0.3, -0.25) is 4.79 Å². The predicted molar refractivity (Wildman–Crippen MR) is 99.3 cm³/mol. The van der Waals surface area contributed by atoms with E-state index in [1.807, 2.05) is 0 Å². The van der Waals surface area contributed by atoms with E-state index in [1.54, 1.807) is 60.7 Å². The maximum atomic E-state index is 13.7. The van der Waals surface area contributed by atoms with E-state index in [2.05, 4.69) is 0 Å². The number of rotatable bonds is 3. The summed E-state index contributed by atoms with van der Waals surface area (Å²) in [4.78, 5) is 26.1. The second-order valence-electron chi connectivity index (χ2n) is 5.98. The quantitative estimate of drug-likeness (QED) is 0.410. The van der Waals surface area contributed by atoms with Crippen molar-refractivity contribution in [2.45, 2.75) is 0 Å². The second kappa shape index (κ2) is 6.49. The van der Waals surface area contributed by atoms with Crippen LogP contribution in [0.3, 0.4) is 0 Å². The fraction of sp³-hybridized carbons (Fsp3) is 0. The van der Waals surface area contributed by atoms with Crippen LogP contribution in [-0.4, -0.2) is 10.5 Å². The minimum Gasteiger partial charge on any atom is -0.805 e. The lowest BCUT2D eigenvalue weighted by Crippen LogP contribution is -2.27. The molecule has 0 bridgehead atoms. The molecule has 27 heavy (non-hydrogen) atoms. The average Bonchev–Trinajstić information content (AvgIpc) is 2.71. The highest BCUT2D eigenvalue weighted by molar-refractivity contribution is 6.11. The Hall–Kier alpha value is -3.80. The summed E-state index contributed by atoms with van der Waals surface area (Å²) in [7, 11) is 0. The van der Waals surface area contributed by atoms with Gasteiger partial charge in [-0.1, -0.05) is 48.5 Å². The van der Waals surface area contributed by atoms with Crippen molar-refractivity contribution in [3.63, 3.8) is 0 Å². The van der Waals surface area contributed by atoms with Crippen molar-refractivity contribution in [1.82, 2.24) is 4.73 Å². The van der Waals surface area contributed by atoms with Gasteiger partial charge in [0.05, 0.1) is 9.99 Å². The fourth-order valence-electron chi connectivity index (χ4n) is 3.04. The summed E-state index contributed by atoms with van der Waals surface area (Å²) in [5, 5.41) is 13.0. The van der Waals surface area contributed by atoms with Crippen LogP contribution in [-0.2, 0) is 0 Å². The predicted octanol–water partition coefficient (Wildman–Crippen LogP) is 3.94. The number of nitrogens with zero attached hydrogens (tertiary/aromatic N) is 2. The number of carbonyl (C=O) groups excluding carboxylic acids is 1. The van der Waals surface area contributed by atoms with Gasteiger partial charge in [-0.25, -0.2) is 4.39 Å². The van der Waals surface area contributed by atoms with Crippen LogP contribution in [0.4, 0.5) is 4.39 Å². The third-order valence-corrected chi connectivity index (χ3v) is 4.30. The molecule has 5 nitrogen and oxygen atoms in total. The van der Waals surface area contributed by atoms with Gasteiger partial charge in [-0.15, -0.1) is 0 Å². The molecule has 1 heterocycles. The third kappa shape index (κ3) is 2.77. The van der Waals surface area contributed by atoms with Gasteiger partial charge in [0.2, 0.25) is 5.78 Å². The molecule has 0 radical (unpaired) electrons. The van der Waals surface area contributed by atoms with E-state index in [9.17, 15) is 19.3 Å². The number of hydrogen-bond acceptors (Lipinski definition) is 3. The molecule has 0 aliphatic carbocycles. The zero-order valence-electron chi connectivity index (χ0n) is 14.0. The lowest BCUT2D eigenvalue weighted by atomic mass is 10.0. The molecule has 0 aliphatic rings. The molecule has 0 unspecified atom stereocenters. The lowest BCUT2D eigenvalue weighted by molar-refractivity contribution is -0.452. The van der Waals surface area contributed by atoms with E-state index >= 15 is 0 Å². The first-order valence-corrected chi connectivity index (χ1v) is 8.21. The van der Waals surface area contributed by atoms with Crippen molar-refractivity contribution in [3.8, 4) is 11.3 Å². The molecule has 0 aliphatic heterocycles. The number of halogens is 1. The van der Waals surface area contributed by atoms with Gasteiger partial charge in [-0.2, -0.15) is 0 Å². The maximum Gasteiger partial charge on any atom is 0.298 e. The number of aromatic nitrogens is 2. The highest BCUT2D eigenvalue weighted by Gasteiger charge is 2.29. The number of hydrogen-bond donors (Lipinski definition) is 0. The molecule has 0 saturated heterocycles. The molecule has 0 amide bonds. The van der Waals surface area contributed by atoms with E-state index in [-0.39, 0.29) is 28.0 Å². The molecular weight excluding hydrogens is 347 g/mol. The molecule has 0 atom stereocenters. The first-order chi connectivity index (χ1) is 13.1. The van der Waals surface area contributed by atoms with Gasteiger partial charge in [0.25, 0.3) is 11.2 Å². The van der Waals surface area contributed by atoms with Crippen LogP contribution in [0.2, 0.25) is 0 Å². The van der Waals surface area contributed by atoms with Crippen molar-refractivity contribution >= 4 is 16.8 Å². The van der Waals surface area contributed by atoms with Gasteiger partial charge < -0.3 is 9.94 Å². The smallest absolute Gasteiger partial charge is 0.298 e. The van der Waals surface area contributed by atoms with E-state index in [4.69, 9.17) is 0 Å². The maximum absolute atomic E-state index is 13.7. The number of carbonyl (C=O) groups is 1. The summed E-state index contributed by atoms with van der Waals surface area (Å²) in [6.45, 7) is 0. The van der Waals surface area contributed by atoms with Crippen LogP contribution in [0.1, 0.15) is 16.1 Å². The molecule has 0 N–H and O–H groups in total. The third-order valence-electron chi connectivity index (χ3n) is 4.30. The summed E-state index contributed by atoms with van der Waals surface area (Å²) < 4.78 is 14.5. The molecule has 6 heteroatoms. The van der Waals surface area contributed by atoms with Gasteiger partial charge in [0, 0.05) is 22.6 Å². The van der Waals surface area contributed by atoms with Crippen LogP contribution in [0.25, 0.3) is 22.3 Å². The van der Waals surface area contributed by atoms with Crippen LogP contribution in [0.5, 0.6) is 0 Å². The number of fused-ring (bicyclic) bond motifs is 1. The normalized spacial score (nSPS) is 10.9. The Kier molecular flexibility index (Phi) is 4.01. The highest BCUT2D eigenvalue weighted by atomic mass is 19.1. The molecule has 4 aromatic rings. The Bertz CT molecular complexity index is 1220. The lowest BCUT2D eigenvalue weighted by Gasteiger charge is -2.18. The summed E-state index contributed by atoms with van der Waals surface area (Å²) in [5.74, 6) is -1.28. The molecule has 0 fully saturated rings. The van der Waals surface area contributed by atoms with Gasteiger partial charge in [0.1, 0.15) is 11.3 Å². The van der Waals surface area contributed by atoms with Crippen LogP contribution < -0.4 is 4.43 Å². The van der Waals surface area contributed by atoms with Crippen molar-refractivity contribution < 1.29 is 13.6 Å². The first kappa shape index (κ1) is 16.7. The summed E-state index contributed by atoms with van der Waals surface area (Å²) >= 11 is 0. The van der Waals surface area contributed by atoms with Crippen molar-refractivity contribution in [2.75, 3.05) is 0 Å². The Morgan fingerprint density at radius 1 is 0.926 bits per heavy atom. The average molecular weight is 360 g/mol. The van der Waals surface area contributed by atoms with Gasteiger partial charge >= 0.3 is 0 Å². The molecule has 132 valence electrons. The zero-order valence-corrected chi connectivity index (χ0v) is 14.0. The largest absolute Gasteiger partial charge is 0.805 e. The number of ketones is 1. The zero-order chi connectivity index (χ0) is 19.0. The standard InChI is InChI=1S/C21H13FN2O3/c22-16-11-12-17-18(13-16)24(27)20(21(25)15-9-5-2-6-10-15)19(23(17)26)14-7-3-1-4-8-14/h1-13H. The van der Waals surface area contributed by atoms with Crippen LogP contribution in [0, 0.1) is 15.9 Å². The minimum absolute atomic E-state index is 0.0186. The first-order valence-electron chi connectivity index (χ1n) is 8.21. The second-order valence-corrected chi connectivity index (χ2v) is 5.98. The number of benzene rings is 3. The Balaban J connectivity index is 2.14. The monoisotopic (exact) mass is 360 g/mol. The van der Waals surface area contributed by atoms with Crippen LogP contribution >= 0.6 is 0 Å². The van der Waals surface area contributed by atoms with E-state index < -0.39 is 11.6 Å². The minimum atomic E-state index is -0.669. The van der Waals surface area contributed by atoms with E-state index in [0.717, 1.165) is 12.1 Å². The summed E-state index contributed by atoms with van der Waals surface area (Å²) in [6.07, 6.45) is 0. The SMILES string of the molecule is O=C(c1ccccc1)c1c(-c2ccccc2)[n+](=O)c2ccc(F)cc2n1[O-]. The fourth-order valence-corrected chi connectivity index (χ4v) is 3.04. The summed E-state index contributed by atoms with van der Waals surface area (Å²) in [6, 6.07) is 19.9. The Morgan fingerprint density at radius 3 is 2.22 bits per heavy atom. The molecule has 4 rings (SSSR count). The van der Waals surface area contributed by atoms with Crippen molar-refractivity contribution in [3.05, 3.63) is 106 Å². The van der Waals surface area contributed by atoms with Crippen molar-refractivity contribution in [1.29, 1.82) is 0 Å². The molecular formula is C21H13FN2O3. The van der Waals surface area contributed by atoms with Crippen molar-refractivity contribution in [2.24, 2.45) is 0 Å². The molecule has 3 aromatic carbocycles. The highest BCUT2D eigenvalue weighted by Crippen LogP contribution is 2.25. The Morgan fingerprint density at radius 2 is 1.56 bits per heavy atom. The topological polar surface area (TPSA) is 68.0 Å². The van der Waals surface area contributed by atoms with Gasteiger partial charge in [-0.05, 0) is 18.2 Å². The van der Waals surface area contributed by atoms with Gasteiger partial charge in [0.15, 0.2) is 5.69 Å². The molecule has 0 spiro atoms. The van der Waals surface area contributed by atoms with E-state index in [1.165, 1.54) is 6.07 Å². The Labute approximate surface area is 153 Å².